The highest BCUT2D eigenvalue weighted by atomic mass is 32.1. The van der Waals surface area contributed by atoms with Crippen molar-refractivity contribution in [3.05, 3.63) is 40.9 Å². The summed E-state index contributed by atoms with van der Waals surface area (Å²) in [6.07, 6.45) is 8.90. The molecule has 0 saturated carbocycles. The van der Waals surface area contributed by atoms with Gasteiger partial charge in [-0.3, -0.25) is 9.59 Å². The Morgan fingerprint density at radius 3 is 2.89 bits per heavy atom. The number of aromatic nitrogens is 1. The van der Waals surface area contributed by atoms with Crippen molar-refractivity contribution in [1.29, 1.82) is 0 Å². The largest absolute Gasteiger partial charge is 0.453 e. The van der Waals surface area contributed by atoms with Crippen molar-refractivity contribution in [2.75, 3.05) is 6.54 Å². The lowest BCUT2D eigenvalue weighted by molar-refractivity contribution is -0.154. The van der Waals surface area contributed by atoms with Crippen LogP contribution in [-0.4, -0.2) is 29.5 Å². The number of benzene rings is 1. The Labute approximate surface area is 170 Å². The Morgan fingerprint density at radius 2 is 2.11 bits per heavy atom. The van der Waals surface area contributed by atoms with Gasteiger partial charge in [-0.15, -0.1) is 11.3 Å². The summed E-state index contributed by atoms with van der Waals surface area (Å²) in [6, 6.07) is 8.02. The number of esters is 1. The molecule has 1 amide bonds. The topological polar surface area (TPSA) is 68.3 Å². The second-order valence-electron chi connectivity index (χ2n) is 7.21. The van der Waals surface area contributed by atoms with Crippen molar-refractivity contribution in [1.82, 2.24) is 10.3 Å². The van der Waals surface area contributed by atoms with Gasteiger partial charge in [-0.25, -0.2) is 4.98 Å². The van der Waals surface area contributed by atoms with Gasteiger partial charge >= 0.3 is 5.97 Å². The summed E-state index contributed by atoms with van der Waals surface area (Å²) < 4.78 is 6.43. The van der Waals surface area contributed by atoms with Gasteiger partial charge in [-0.1, -0.05) is 23.8 Å². The highest BCUT2D eigenvalue weighted by molar-refractivity contribution is 7.18. The van der Waals surface area contributed by atoms with E-state index < -0.39 is 6.10 Å². The van der Waals surface area contributed by atoms with Crippen LogP contribution in [0.5, 0.6) is 0 Å². The fourth-order valence-electron chi connectivity index (χ4n) is 3.34. The maximum atomic E-state index is 12.1. The van der Waals surface area contributed by atoms with Crippen LogP contribution in [0.15, 0.2) is 35.9 Å². The molecule has 1 aliphatic rings. The second-order valence-corrected chi connectivity index (χ2v) is 8.33. The van der Waals surface area contributed by atoms with E-state index in [9.17, 15) is 9.59 Å². The molecule has 5 nitrogen and oxygen atoms in total. The maximum Gasteiger partial charge on any atom is 0.306 e. The van der Waals surface area contributed by atoms with Crippen molar-refractivity contribution in [3.8, 4) is 0 Å². The summed E-state index contributed by atoms with van der Waals surface area (Å²) in [6.45, 7) is 2.23. The molecule has 28 heavy (non-hydrogen) atoms. The summed E-state index contributed by atoms with van der Waals surface area (Å²) in [5.74, 6) is -0.560. The molecule has 1 heterocycles. The van der Waals surface area contributed by atoms with Crippen LogP contribution in [0.1, 0.15) is 56.9 Å². The first-order valence-electron chi connectivity index (χ1n) is 10.1. The summed E-state index contributed by atoms with van der Waals surface area (Å²) in [4.78, 5) is 28.7. The Balaban J connectivity index is 1.32. The Hall–Kier alpha value is -2.21. The van der Waals surface area contributed by atoms with Crippen LogP contribution in [0.2, 0.25) is 0 Å². The predicted octanol–water partition coefficient (Wildman–Crippen LogP) is 4.56. The molecular weight excluding hydrogens is 372 g/mol. The van der Waals surface area contributed by atoms with Gasteiger partial charge in [-0.05, 0) is 64.0 Å². The number of carbonyl (C=O) groups is 2. The molecule has 0 spiro atoms. The molecule has 2 aromatic rings. The van der Waals surface area contributed by atoms with Crippen molar-refractivity contribution < 1.29 is 14.3 Å². The van der Waals surface area contributed by atoms with Gasteiger partial charge < -0.3 is 10.1 Å². The monoisotopic (exact) mass is 400 g/mol. The number of carbonyl (C=O) groups excluding carboxylic acids is 2. The first-order chi connectivity index (χ1) is 13.6. The third-order valence-corrected chi connectivity index (χ3v) is 6.01. The zero-order valence-corrected chi connectivity index (χ0v) is 17.2. The molecule has 1 aromatic carbocycles. The molecule has 0 radical (unpaired) electrons. The first kappa shape index (κ1) is 20.5. The van der Waals surface area contributed by atoms with Crippen molar-refractivity contribution in [2.45, 2.75) is 64.4 Å². The third-order valence-electron chi connectivity index (χ3n) is 4.92. The highest BCUT2D eigenvalue weighted by Crippen LogP contribution is 2.23. The fourth-order valence-corrected chi connectivity index (χ4v) is 4.35. The first-order valence-corrected chi connectivity index (χ1v) is 10.9. The molecule has 1 aliphatic carbocycles. The number of ether oxygens (including phenoxy) is 1. The number of nitrogens with zero attached hydrogens (tertiary/aromatic N) is 1. The van der Waals surface area contributed by atoms with Gasteiger partial charge in [0, 0.05) is 13.0 Å². The van der Waals surface area contributed by atoms with Crippen LogP contribution in [0, 0.1) is 0 Å². The molecule has 6 heteroatoms. The maximum absolute atomic E-state index is 12.1. The van der Waals surface area contributed by atoms with Crippen LogP contribution >= 0.6 is 11.3 Å². The standard InChI is InChI=1S/C22H28N2O3S/c1-16(22(26)23-15-14-17-8-3-2-4-9-17)27-21(25)13-7-12-20-24-18-10-5-6-11-19(18)28-20/h5-6,8,10-11,16H,2-4,7,9,12-15H2,1H3,(H,23,26)/t16-/m1/s1. The molecule has 0 fully saturated rings. The molecular formula is C22H28N2O3S. The second kappa shape index (κ2) is 10.4. The minimum atomic E-state index is -0.754. The number of nitrogens with one attached hydrogen (secondary N) is 1. The highest BCUT2D eigenvalue weighted by Gasteiger charge is 2.17. The van der Waals surface area contributed by atoms with Crippen LogP contribution in [0.3, 0.4) is 0 Å². The number of thiazole rings is 1. The quantitative estimate of drug-likeness (QED) is 0.495. The summed E-state index contributed by atoms with van der Waals surface area (Å²) in [5, 5.41) is 3.89. The van der Waals surface area contributed by atoms with E-state index in [2.05, 4.69) is 22.4 Å². The number of rotatable bonds is 9. The number of amides is 1. The van der Waals surface area contributed by atoms with Crippen molar-refractivity contribution in [3.63, 3.8) is 0 Å². The van der Waals surface area contributed by atoms with Crippen LogP contribution in [0.25, 0.3) is 10.2 Å². The number of aryl methyl sites for hydroxylation is 1. The van der Waals surface area contributed by atoms with Crippen LogP contribution < -0.4 is 5.32 Å². The van der Waals surface area contributed by atoms with Gasteiger partial charge in [-0.2, -0.15) is 0 Å². The van der Waals surface area contributed by atoms with E-state index in [-0.39, 0.29) is 11.9 Å². The molecule has 1 N–H and O–H groups in total. The van der Waals surface area contributed by atoms with E-state index in [1.807, 2.05) is 18.2 Å². The molecule has 0 saturated heterocycles. The lowest BCUT2D eigenvalue weighted by atomic mass is 9.97. The zero-order valence-electron chi connectivity index (χ0n) is 16.4. The molecule has 0 unspecified atom stereocenters. The number of hydrogen-bond donors (Lipinski definition) is 1. The minimum absolute atomic E-state index is 0.226. The van der Waals surface area contributed by atoms with Gasteiger partial charge in [0.15, 0.2) is 6.10 Å². The number of hydrogen-bond acceptors (Lipinski definition) is 5. The van der Waals surface area contributed by atoms with Crippen molar-refractivity contribution in [2.24, 2.45) is 0 Å². The smallest absolute Gasteiger partial charge is 0.306 e. The Kier molecular flexibility index (Phi) is 7.60. The molecule has 0 aliphatic heterocycles. The third kappa shape index (κ3) is 6.16. The lowest BCUT2D eigenvalue weighted by Gasteiger charge is -2.15. The Bertz CT molecular complexity index is 810. The summed E-state index contributed by atoms with van der Waals surface area (Å²) >= 11 is 1.66. The Morgan fingerprint density at radius 1 is 1.25 bits per heavy atom. The van der Waals surface area contributed by atoms with Crippen LogP contribution in [0.4, 0.5) is 0 Å². The molecule has 1 atom stereocenters. The number of fused-ring (bicyclic) bond motifs is 1. The zero-order chi connectivity index (χ0) is 19.8. The normalized spacial score (nSPS) is 15.1. The van der Waals surface area contributed by atoms with Gasteiger partial charge in [0.05, 0.1) is 15.2 Å². The number of para-hydroxylation sites is 1. The molecule has 0 bridgehead atoms. The predicted molar refractivity (Wildman–Crippen MR) is 112 cm³/mol. The fraction of sp³-hybridized carbons (Fsp3) is 0.500. The lowest BCUT2D eigenvalue weighted by Crippen LogP contribution is -2.36. The van der Waals surface area contributed by atoms with Crippen molar-refractivity contribution >= 4 is 33.4 Å². The van der Waals surface area contributed by atoms with Gasteiger partial charge in [0.25, 0.3) is 5.91 Å². The summed E-state index contributed by atoms with van der Waals surface area (Å²) in [7, 11) is 0. The van der Waals surface area contributed by atoms with E-state index in [4.69, 9.17) is 4.74 Å². The molecule has 150 valence electrons. The number of allylic oxidation sites excluding steroid dienone is 1. The average molecular weight is 401 g/mol. The van der Waals surface area contributed by atoms with E-state index in [0.717, 1.165) is 40.9 Å². The minimum Gasteiger partial charge on any atom is -0.453 e. The van der Waals surface area contributed by atoms with E-state index in [1.165, 1.54) is 18.4 Å². The summed E-state index contributed by atoms with van der Waals surface area (Å²) in [5.41, 5.74) is 2.42. The SMILES string of the molecule is C[C@@H](OC(=O)CCCc1nc2ccccc2s1)C(=O)NCCC1=CCCCC1. The average Bonchev–Trinajstić information content (AvgIpc) is 3.11. The van der Waals surface area contributed by atoms with E-state index >= 15 is 0 Å². The molecule has 3 rings (SSSR count). The molecule has 1 aromatic heterocycles. The van der Waals surface area contributed by atoms with Gasteiger partial charge in [0.2, 0.25) is 0 Å². The van der Waals surface area contributed by atoms with E-state index in [0.29, 0.717) is 19.4 Å². The van der Waals surface area contributed by atoms with Crippen LogP contribution in [-0.2, 0) is 20.7 Å². The van der Waals surface area contributed by atoms with Gasteiger partial charge in [0.1, 0.15) is 0 Å². The van der Waals surface area contributed by atoms with E-state index in [1.54, 1.807) is 18.3 Å².